The van der Waals surface area contributed by atoms with Gasteiger partial charge < -0.3 is 0 Å². The van der Waals surface area contributed by atoms with E-state index in [0.29, 0.717) is 17.4 Å². The van der Waals surface area contributed by atoms with Crippen LogP contribution < -0.4 is 0 Å². The fourth-order valence-corrected chi connectivity index (χ4v) is 1.68. The summed E-state index contributed by atoms with van der Waals surface area (Å²) in [5, 5.41) is 17.4. The maximum atomic E-state index is 8.72. The quantitative estimate of drug-likeness (QED) is 0.578. The molecule has 0 amide bonds. The van der Waals surface area contributed by atoms with Crippen LogP contribution in [0.2, 0.25) is 0 Å². The second-order valence-electron chi connectivity index (χ2n) is 3.60. The normalized spacial score (nSPS) is 20.8. The number of nitrogens with zero attached hydrogens (tertiary/aromatic N) is 2. The summed E-state index contributed by atoms with van der Waals surface area (Å²) in [6.45, 7) is 0. The van der Waals surface area contributed by atoms with Gasteiger partial charge in [-0.1, -0.05) is 0 Å². The molecule has 0 atom stereocenters. The summed E-state index contributed by atoms with van der Waals surface area (Å²) in [6.07, 6.45) is 4.77. The Bertz CT molecular complexity index is 276. The first-order valence-corrected chi connectivity index (χ1v) is 4.41. The molecule has 2 heteroatoms. The van der Waals surface area contributed by atoms with E-state index in [-0.39, 0.29) is 0 Å². The molecule has 0 aromatic heterocycles. The lowest BCUT2D eigenvalue weighted by molar-refractivity contribution is 0.849. The first kappa shape index (κ1) is 7.37. The van der Waals surface area contributed by atoms with E-state index in [4.69, 9.17) is 10.5 Å². The van der Waals surface area contributed by atoms with Crippen molar-refractivity contribution in [3.63, 3.8) is 0 Å². The molecule has 0 spiro atoms. The summed E-state index contributed by atoms with van der Waals surface area (Å²) in [5.41, 5.74) is 1.58. The molecule has 2 fully saturated rings. The van der Waals surface area contributed by atoms with Gasteiger partial charge in [-0.15, -0.1) is 0 Å². The lowest BCUT2D eigenvalue weighted by Crippen LogP contribution is -1.93. The van der Waals surface area contributed by atoms with Crippen LogP contribution >= 0.6 is 0 Å². The van der Waals surface area contributed by atoms with Crippen molar-refractivity contribution in [1.82, 2.24) is 0 Å². The zero-order valence-corrected chi connectivity index (χ0v) is 6.88. The van der Waals surface area contributed by atoms with Gasteiger partial charge in [0.1, 0.15) is 17.7 Å². The molecule has 2 aliphatic rings. The summed E-state index contributed by atoms with van der Waals surface area (Å²) in [5.74, 6) is 1.18. The van der Waals surface area contributed by atoms with Crippen LogP contribution in [0.3, 0.4) is 0 Å². The third-order valence-corrected chi connectivity index (χ3v) is 2.55. The van der Waals surface area contributed by atoms with Gasteiger partial charge in [0.2, 0.25) is 0 Å². The van der Waals surface area contributed by atoms with Crippen LogP contribution in [0.1, 0.15) is 25.7 Å². The van der Waals surface area contributed by atoms with Gasteiger partial charge in [0.25, 0.3) is 0 Å². The first-order valence-electron chi connectivity index (χ1n) is 4.41. The van der Waals surface area contributed by atoms with Crippen molar-refractivity contribution in [2.75, 3.05) is 0 Å². The molecular weight excluding hydrogens is 148 g/mol. The first-order chi connectivity index (χ1) is 5.86. The van der Waals surface area contributed by atoms with E-state index in [1.165, 1.54) is 31.3 Å². The third kappa shape index (κ3) is 1.21. The fraction of sp³-hybridized carbons (Fsp3) is 0.600. The van der Waals surface area contributed by atoms with E-state index in [9.17, 15) is 0 Å². The van der Waals surface area contributed by atoms with Crippen LogP contribution in [0.4, 0.5) is 0 Å². The minimum atomic E-state index is 0.403. The number of hydrogen-bond acceptors (Lipinski definition) is 2. The Morgan fingerprint density at radius 1 is 0.917 bits per heavy atom. The summed E-state index contributed by atoms with van der Waals surface area (Å²) in [6, 6.07) is 4.03. The molecule has 0 bridgehead atoms. The van der Waals surface area contributed by atoms with Gasteiger partial charge in [-0.25, -0.2) is 0 Å². The molecule has 0 aromatic rings. The molecule has 0 radical (unpaired) electrons. The summed E-state index contributed by atoms with van der Waals surface area (Å²) >= 11 is 0. The molecule has 2 saturated carbocycles. The Hall–Kier alpha value is -1.28. The maximum absolute atomic E-state index is 8.72. The number of nitriles is 2. The molecule has 0 aliphatic heterocycles. The van der Waals surface area contributed by atoms with Crippen LogP contribution in [0.15, 0.2) is 11.1 Å². The number of allylic oxidation sites excluding steroid dienone is 2. The Balaban J connectivity index is 2.29. The van der Waals surface area contributed by atoms with Gasteiger partial charge in [0.05, 0.1) is 0 Å². The second kappa shape index (κ2) is 2.64. The predicted octanol–water partition coefficient (Wildman–Crippen LogP) is 2.15. The van der Waals surface area contributed by atoms with E-state index in [1.54, 1.807) is 0 Å². The zero-order chi connectivity index (χ0) is 8.55. The summed E-state index contributed by atoms with van der Waals surface area (Å²) in [7, 11) is 0. The van der Waals surface area contributed by atoms with Gasteiger partial charge in [-0.3, -0.25) is 0 Å². The van der Waals surface area contributed by atoms with Crippen molar-refractivity contribution in [1.29, 1.82) is 10.5 Å². The predicted molar refractivity (Wildman–Crippen MR) is 43.7 cm³/mol. The number of hydrogen-bond donors (Lipinski definition) is 0. The molecule has 0 unspecified atom stereocenters. The smallest absolute Gasteiger partial charge is 0.129 e. The maximum Gasteiger partial charge on any atom is 0.129 e. The minimum Gasteiger partial charge on any atom is -0.192 e. The van der Waals surface area contributed by atoms with Crippen molar-refractivity contribution in [3.05, 3.63) is 11.1 Å². The standard InChI is InChI=1S/C10H10N2/c11-5-9(6-12)10(7-1-2-7)8-3-4-8/h7-8H,1-4H2. The minimum absolute atomic E-state index is 0.403. The molecule has 60 valence electrons. The van der Waals surface area contributed by atoms with Gasteiger partial charge in [-0.2, -0.15) is 10.5 Å². The highest BCUT2D eigenvalue weighted by Gasteiger charge is 2.38. The molecule has 2 rings (SSSR count). The van der Waals surface area contributed by atoms with E-state index in [0.717, 1.165) is 0 Å². The van der Waals surface area contributed by atoms with Crippen molar-refractivity contribution < 1.29 is 0 Å². The fourth-order valence-electron chi connectivity index (χ4n) is 1.68. The Morgan fingerprint density at radius 3 is 1.58 bits per heavy atom. The molecule has 0 heterocycles. The van der Waals surface area contributed by atoms with Gasteiger partial charge in [0, 0.05) is 0 Å². The summed E-state index contributed by atoms with van der Waals surface area (Å²) < 4.78 is 0. The SMILES string of the molecule is N#CC(C#N)=C(C1CC1)C1CC1. The van der Waals surface area contributed by atoms with Crippen molar-refractivity contribution >= 4 is 0 Å². The Kier molecular flexibility index (Phi) is 1.62. The molecule has 12 heavy (non-hydrogen) atoms. The van der Waals surface area contributed by atoms with E-state index in [2.05, 4.69) is 0 Å². The van der Waals surface area contributed by atoms with Crippen LogP contribution in [-0.2, 0) is 0 Å². The third-order valence-electron chi connectivity index (χ3n) is 2.55. The zero-order valence-electron chi connectivity index (χ0n) is 6.88. The van der Waals surface area contributed by atoms with Crippen molar-refractivity contribution in [3.8, 4) is 12.1 Å². The second-order valence-corrected chi connectivity index (χ2v) is 3.60. The molecule has 0 saturated heterocycles. The van der Waals surface area contributed by atoms with E-state index < -0.39 is 0 Å². The van der Waals surface area contributed by atoms with Crippen molar-refractivity contribution in [2.45, 2.75) is 25.7 Å². The van der Waals surface area contributed by atoms with Crippen molar-refractivity contribution in [2.24, 2.45) is 11.8 Å². The number of rotatable bonds is 2. The molecule has 2 aliphatic carbocycles. The van der Waals surface area contributed by atoms with Crippen LogP contribution in [0.5, 0.6) is 0 Å². The van der Waals surface area contributed by atoms with E-state index in [1.807, 2.05) is 12.1 Å². The topological polar surface area (TPSA) is 47.6 Å². The van der Waals surface area contributed by atoms with Crippen LogP contribution in [-0.4, -0.2) is 0 Å². The van der Waals surface area contributed by atoms with Crippen LogP contribution in [0, 0.1) is 34.5 Å². The summed E-state index contributed by atoms with van der Waals surface area (Å²) in [4.78, 5) is 0. The Morgan fingerprint density at radius 2 is 1.33 bits per heavy atom. The highest BCUT2D eigenvalue weighted by Crippen LogP contribution is 2.49. The van der Waals surface area contributed by atoms with Gasteiger partial charge >= 0.3 is 0 Å². The highest BCUT2D eigenvalue weighted by atomic mass is 14.4. The molecular formula is C10H10N2. The average molecular weight is 158 g/mol. The van der Waals surface area contributed by atoms with Gasteiger partial charge in [0.15, 0.2) is 0 Å². The molecule has 2 nitrogen and oxygen atoms in total. The monoisotopic (exact) mass is 158 g/mol. The van der Waals surface area contributed by atoms with Gasteiger partial charge in [-0.05, 0) is 43.1 Å². The van der Waals surface area contributed by atoms with Crippen LogP contribution in [0.25, 0.3) is 0 Å². The average Bonchev–Trinajstić information content (AvgIpc) is 2.92. The van der Waals surface area contributed by atoms with E-state index >= 15 is 0 Å². The largest absolute Gasteiger partial charge is 0.192 e. The molecule has 0 N–H and O–H groups in total. The lowest BCUT2D eigenvalue weighted by atomic mass is 10.0. The lowest BCUT2D eigenvalue weighted by Gasteiger charge is -2.01. The molecule has 0 aromatic carbocycles. The highest BCUT2D eigenvalue weighted by molar-refractivity contribution is 5.44. The Labute approximate surface area is 72.1 Å².